The molecule has 6 heteroatoms. The highest BCUT2D eigenvalue weighted by atomic mass is 16.5. The number of nitrogens with one attached hydrogen (secondary N) is 1. The molecular weight excluding hydrogens is 330 g/mol. The Morgan fingerprint density at radius 3 is 2.73 bits per heavy atom. The Labute approximate surface area is 150 Å². The fraction of sp³-hybridized carbons (Fsp3) is 0.250. The lowest BCUT2D eigenvalue weighted by Crippen LogP contribution is -2.34. The molecule has 1 N–H and O–H groups in total. The van der Waals surface area contributed by atoms with E-state index in [-0.39, 0.29) is 23.1 Å². The number of hydrogen-bond donors (Lipinski definition) is 1. The molecule has 1 aliphatic heterocycles. The molecule has 1 aliphatic rings. The van der Waals surface area contributed by atoms with Crippen LogP contribution in [0.1, 0.15) is 40.7 Å². The van der Waals surface area contributed by atoms with Crippen LogP contribution in [0.5, 0.6) is 0 Å². The number of nitrogens with zero attached hydrogens (tertiary/aromatic N) is 2. The SMILES string of the molecule is Cc1cc([C@@H]2CCCN2C(=O)c2ccc(-c3ccccc3)[nH]c2=O)no1. The molecule has 0 aliphatic carbocycles. The second kappa shape index (κ2) is 6.63. The summed E-state index contributed by atoms with van der Waals surface area (Å²) in [6, 6.07) is 14.6. The molecule has 0 spiro atoms. The molecule has 1 fully saturated rings. The molecule has 132 valence electrons. The molecule has 3 heterocycles. The average Bonchev–Trinajstić information content (AvgIpc) is 3.30. The predicted octanol–water partition coefficient (Wildman–Crippen LogP) is 3.32. The molecule has 1 amide bonds. The van der Waals surface area contributed by atoms with Gasteiger partial charge in [0.05, 0.1) is 6.04 Å². The maximum Gasteiger partial charge on any atom is 0.261 e. The molecule has 0 radical (unpaired) electrons. The van der Waals surface area contributed by atoms with E-state index in [0.29, 0.717) is 18.0 Å². The third-order valence-corrected chi connectivity index (χ3v) is 4.73. The summed E-state index contributed by atoms with van der Waals surface area (Å²) in [5, 5.41) is 4.05. The van der Waals surface area contributed by atoms with Crippen LogP contribution >= 0.6 is 0 Å². The second-order valence-electron chi connectivity index (χ2n) is 6.50. The van der Waals surface area contributed by atoms with Crippen molar-refractivity contribution in [2.45, 2.75) is 25.8 Å². The zero-order chi connectivity index (χ0) is 18.1. The van der Waals surface area contributed by atoms with E-state index < -0.39 is 0 Å². The molecule has 4 rings (SSSR count). The Balaban J connectivity index is 1.63. The minimum Gasteiger partial charge on any atom is -0.361 e. The van der Waals surface area contributed by atoms with E-state index in [2.05, 4.69) is 10.1 Å². The molecule has 6 nitrogen and oxygen atoms in total. The van der Waals surface area contributed by atoms with E-state index in [1.54, 1.807) is 17.0 Å². The summed E-state index contributed by atoms with van der Waals surface area (Å²) >= 11 is 0. The summed E-state index contributed by atoms with van der Waals surface area (Å²) in [6.45, 7) is 2.43. The van der Waals surface area contributed by atoms with Gasteiger partial charge >= 0.3 is 0 Å². The maximum atomic E-state index is 13.0. The van der Waals surface area contributed by atoms with Gasteiger partial charge in [0.15, 0.2) is 0 Å². The minimum atomic E-state index is -0.377. The summed E-state index contributed by atoms with van der Waals surface area (Å²) in [5.74, 6) is 0.443. The van der Waals surface area contributed by atoms with Gasteiger partial charge in [-0.2, -0.15) is 0 Å². The van der Waals surface area contributed by atoms with Gasteiger partial charge in [-0.1, -0.05) is 35.5 Å². The van der Waals surface area contributed by atoms with Crippen LogP contribution in [-0.2, 0) is 0 Å². The van der Waals surface area contributed by atoms with Gasteiger partial charge in [-0.05, 0) is 37.5 Å². The zero-order valence-corrected chi connectivity index (χ0v) is 14.4. The third kappa shape index (κ3) is 2.94. The lowest BCUT2D eigenvalue weighted by atomic mass is 10.1. The summed E-state index contributed by atoms with van der Waals surface area (Å²) < 4.78 is 5.14. The smallest absolute Gasteiger partial charge is 0.261 e. The van der Waals surface area contributed by atoms with E-state index in [1.165, 1.54) is 0 Å². The van der Waals surface area contributed by atoms with Gasteiger partial charge in [-0.15, -0.1) is 0 Å². The van der Waals surface area contributed by atoms with Crippen molar-refractivity contribution in [1.82, 2.24) is 15.0 Å². The van der Waals surface area contributed by atoms with E-state index in [0.717, 1.165) is 24.1 Å². The number of pyridine rings is 1. The van der Waals surface area contributed by atoms with Crippen molar-refractivity contribution in [3.8, 4) is 11.3 Å². The number of hydrogen-bond acceptors (Lipinski definition) is 4. The Morgan fingerprint density at radius 1 is 1.23 bits per heavy atom. The van der Waals surface area contributed by atoms with Crippen LogP contribution in [-0.4, -0.2) is 27.5 Å². The Morgan fingerprint density at radius 2 is 2.04 bits per heavy atom. The van der Waals surface area contributed by atoms with Gasteiger partial charge in [0.25, 0.3) is 11.5 Å². The number of amides is 1. The topological polar surface area (TPSA) is 79.2 Å². The molecule has 1 aromatic carbocycles. The first kappa shape index (κ1) is 16.3. The number of H-pyrrole nitrogens is 1. The average molecular weight is 349 g/mol. The number of aryl methyl sites for hydroxylation is 1. The summed E-state index contributed by atoms with van der Waals surface area (Å²) in [6.07, 6.45) is 1.69. The largest absolute Gasteiger partial charge is 0.361 e. The first-order chi connectivity index (χ1) is 12.6. The van der Waals surface area contributed by atoms with Crippen molar-refractivity contribution in [3.63, 3.8) is 0 Å². The van der Waals surface area contributed by atoms with Crippen LogP contribution in [0.25, 0.3) is 11.3 Å². The number of carbonyl (C=O) groups is 1. The molecule has 0 unspecified atom stereocenters. The maximum absolute atomic E-state index is 13.0. The van der Waals surface area contributed by atoms with Crippen LogP contribution < -0.4 is 5.56 Å². The fourth-order valence-electron chi connectivity index (χ4n) is 3.44. The number of aromatic amines is 1. The van der Waals surface area contributed by atoms with Gasteiger partial charge in [-0.3, -0.25) is 9.59 Å². The Bertz CT molecular complexity index is 991. The minimum absolute atomic E-state index is 0.145. The lowest BCUT2D eigenvalue weighted by molar-refractivity contribution is 0.0729. The predicted molar refractivity (Wildman–Crippen MR) is 96.8 cm³/mol. The fourth-order valence-corrected chi connectivity index (χ4v) is 3.44. The van der Waals surface area contributed by atoms with E-state index in [4.69, 9.17) is 4.52 Å². The highest BCUT2D eigenvalue weighted by Crippen LogP contribution is 2.32. The van der Waals surface area contributed by atoms with Crippen molar-refractivity contribution >= 4 is 5.91 Å². The van der Waals surface area contributed by atoms with Crippen molar-refractivity contribution in [1.29, 1.82) is 0 Å². The number of likely N-dealkylation sites (tertiary alicyclic amines) is 1. The van der Waals surface area contributed by atoms with E-state index in [1.807, 2.05) is 43.3 Å². The van der Waals surface area contributed by atoms with Gasteiger partial charge < -0.3 is 14.4 Å². The molecule has 3 aromatic rings. The molecule has 1 atom stereocenters. The van der Waals surface area contributed by atoms with Gasteiger partial charge in [0.1, 0.15) is 17.0 Å². The van der Waals surface area contributed by atoms with Crippen molar-refractivity contribution in [3.05, 3.63) is 75.9 Å². The summed E-state index contributed by atoms with van der Waals surface area (Å²) in [5.41, 5.74) is 2.11. The number of carbonyl (C=O) groups excluding carboxylic acids is 1. The molecule has 0 bridgehead atoms. The normalized spacial score (nSPS) is 16.8. The summed E-state index contributed by atoms with van der Waals surface area (Å²) in [7, 11) is 0. The Kier molecular flexibility index (Phi) is 4.16. The lowest BCUT2D eigenvalue weighted by Gasteiger charge is -2.22. The molecule has 1 saturated heterocycles. The van der Waals surface area contributed by atoms with Crippen LogP contribution in [0.15, 0.2) is 57.8 Å². The van der Waals surface area contributed by atoms with Crippen molar-refractivity contribution < 1.29 is 9.32 Å². The number of rotatable bonds is 3. The van der Waals surface area contributed by atoms with Gasteiger partial charge in [0.2, 0.25) is 0 Å². The first-order valence-corrected chi connectivity index (χ1v) is 8.66. The Hall–Kier alpha value is -3.15. The number of benzene rings is 1. The molecule has 26 heavy (non-hydrogen) atoms. The van der Waals surface area contributed by atoms with Crippen LogP contribution in [0.2, 0.25) is 0 Å². The highest BCUT2D eigenvalue weighted by molar-refractivity contribution is 5.94. The van der Waals surface area contributed by atoms with Gasteiger partial charge in [-0.25, -0.2) is 0 Å². The molecular formula is C20H19N3O3. The molecule has 0 saturated carbocycles. The highest BCUT2D eigenvalue weighted by Gasteiger charge is 2.33. The van der Waals surface area contributed by atoms with E-state index in [9.17, 15) is 9.59 Å². The van der Waals surface area contributed by atoms with Crippen molar-refractivity contribution in [2.75, 3.05) is 6.54 Å². The second-order valence-corrected chi connectivity index (χ2v) is 6.50. The first-order valence-electron chi connectivity index (χ1n) is 8.66. The quantitative estimate of drug-likeness (QED) is 0.787. The van der Waals surface area contributed by atoms with Crippen LogP contribution in [0.4, 0.5) is 0 Å². The molecule has 2 aromatic heterocycles. The third-order valence-electron chi connectivity index (χ3n) is 4.73. The van der Waals surface area contributed by atoms with Crippen molar-refractivity contribution in [2.24, 2.45) is 0 Å². The van der Waals surface area contributed by atoms with E-state index >= 15 is 0 Å². The summed E-state index contributed by atoms with van der Waals surface area (Å²) in [4.78, 5) is 30.0. The standard InChI is InChI=1S/C20H19N3O3/c1-13-12-17(22-26-13)18-8-5-11-23(18)20(25)15-9-10-16(21-19(15)24)14-6-3-2-4-7-14/h2-4,6-7,9-10,12,18H,5,8,11H2,1H3,(H,21,24)/t18-/m0/s1. The zero-order valence-electron chi connectivity index (χ0n) is 14.4. The number of aromatic nitrogens is 2. The van der Waals surface area contributed by atoms with Crippen LogP contribution in [0, 0.1) is 6.92 Å². The monoisotopic (exact) mass is 349 g/mol. The van der Waals surface area contributed by atoms with Crippen LogP contribution in [0.3, 0.4) is 0 Å². The van der Waals surface area contributed by atoms with Gasteiger partial charge in [0, 0.05) is 18.3 Å².